The van der Waals surface area contributed by atoms with Crippen LogP contribution in [0, 0.1) is 0 Å². The Hall–Kier alpha value is -2.75. The molecule has 4 aromatic rings. The average Bonchev–Trinajstić information content (AvgIpc) is 3.40. The van der Waals surface area contributed by atoms with Gasteiger partial charge in [-0.05, 0) is 36.8 Å². The van der Waals surface area contributed by atoms with E-state index in [1.165, 1.54) is 18.3 Å². The molecule has 0 spiro atoms. The molecule has 0 aliphatic heterocycles. The van der Waals surface area contributed by atoms with E-state index in [0.29, 0.717) is 21.6 Å². The van der Waals surface area contributed by atoms with Crippen LogP contribution in [0.5, 0.6) is 0 Å². The molecule has 10 heteroatoms. The van der Waals surface area contributed by atoms with Gasteiger partial charge in [-0.15, -0.1) is 21.5 Å². The fraction of sp³-hybridized carbons (Fsp3) is 0.227. The predicted octanol–water partition coefficient (Wildman–Crippen LogP) is 5.84. The highest BCUT2D eigenvalue weighted by molar-refractivity contribution is 7.98. The number of aromatic nitrogens is 5. The normalized spacial score (nSPS) is 11.0. The fourth-order valence-electron chi connectivity index (χ4n) is 3.18. The van der Waals surface area contributed by atoms with Crippen molar-refractivity contribution in [3.63, 3.8) is 0 Å². The molecular formula is C22H21ClN6OS2. The molecule has 0 fully saturated rings. The van der Waals surface area contributed by atoms with E-state index in [2.05, 4.69) is 31.7 Å². The van der Waals surface area contributed by atoms with Crippen LogP contribution in [-0.4, -0.2) is 30.6 Å². The summed E-state index contributed by atoms with van der Waals surface area (Å²) in [4.78, 5) is 22.7. The smallest absolute Gasteiger partial charge is 0.230 e. The second-order valence-electron chi connectivity index (χ2n) is 6.94. The Kier molecular flexibility index (Phi) is 7.19. The summed E-state index contributed by atoms with van der Waals surface area (Å²) in [7, 11) is 0. The molecule has 1 aromatic carbocycles. The molecule has 0 atom stereocenters. The van der Waals surface area contributed by atoms with Crippen molar-refractivity contribution in [2.75, 3.05) is 4.90 Å². The third kappa shape index (κ3) is 5.01. The van der Waals surface area contributed by atoms with E-state index in [4.69, 9.17) is 11.6 Å². The van der Waals surface area contributed by atoms with Crippen molar-refractivity contribution in [1.82, 2.24) is 24.7 Å². The number of hydrogen-bond donors (Lipinski definition) is 0. The van der Waals surface area contributed by atoms with Crippen LogP contribution in [0.25, 0.3) is 11.4 Å². The Bertz CT molecular complexity index is 1210. The van der Waals surface area contributed by atoms with Gasteiger partial charge in [0.15, 0.2) is 16.1 Å². The van der Waals surface area contributed by atoms with E-state index in [0.717, 1.165) is 35.2 Å². The van der Waals surface area contributed by atoms with Gasteiger partial charge >= 0.3 is 0 Å². The lowest BCUT2D eigenvalue weighted by molar-refractivity contribution is -0.115. The number of anilines is 2. The fourth-order valence-corrected chi connectivity index (χ4v) is 5.21. The van der Waals surface area contributed by atoms with Gasteiger partial charge in [-0.3, -0.25) is 14.7 Å². The summed E-state index contributed by atoms with van der Waals surface area (Å²) >= 11 is 9.12. The molecule has 0 radical (unpaired) electrons. The lowest BCUT2D eigenvalue weighted by Crippen LogP contribution is -2.22. The summed E-state index contributed by atoms with van der Waals surface area (Å²) in [5.74, 6) is 1.33. The molecule has 0 saturated carbocycles. The van der Waals surface area contributed by atoms with E-state index < -0.39 is 0 Å². The summed E-state index contributed by atoms with van der Waals surface area (Å²) in [6.45, 7) is 4.47. The highest BCUT2D eigenvalue weighted by atomic mass is 35.5. The summed E-state index contributed by atoms with van der Waals surface area (Å²) < 4.78 is 2.13. The van der Waals surface area contributed by atoms with E-state index in [1.807, 2.05) is 29.6 Å². The van der Waals surface area contributed by atoms with Gasteiger partial charge in [0.2, 0.25) is 5.91 Å². The number of thiazole rings is 1. The van der Waals surface area contributed by atoms with Crippen LogP contribution in [0.1, 0.15) is 26.0 Å². The van der Waals surface area contributed by atoms with E-state index in [-0.39, 0.29) is 5.91 Å². The van der Waals surface area contributed by atoms with Crippen molar-refractivity contribution >= 4 is 51.4 Å². The first-order valence-electron chi connectivity index (χ1n) is 10.0. The molecule has 0 unspecified atom stereocenters. The maximum Gasteiger partial charge on any atom is 0.230 e. The molecule has 3 aromatic heterocycles. The molecule has 0 bridgehead atoms. The number of thioether (sulfide) groups is 1. The molecule has 0 aliphatic rings. The summed E-state index contributed by atoms with van der Waals surface area (Å²) in [6, 6.07) is 11.1. The number of carbonyl (C=O) groups is 1. The SMILES string of the molecule is CCCn1c(SCc2csc(N(C(C)=O)c3cccc(Cl)c3)n2)nnc1-c1ccncc1. The minimum atomic E-state index is -0.120. The molecular weight excluding hydrogens is 464 g/mol. The van der Waals surface area contributed by atoms with Crippen LogP contribution >= 0.6 is 34.7 Å². The van der Waals surface area contributed by atoms with E-state index >= 15 is 0 Å². The van der Waals surface area contributed by atoms with Gasteiger partial charge in [0.05, 0.1) is 11.4 Å². The number of rotatable bonds is 8. The second kappa shape index (κ2) is 10.2. The number of pyridine rings is 1. The molecule has 0 N–H and O–H groups in total. The van der Waals surface area contributed by atoms with Crippen molar-refractivity contribution in [3.05, 3.63) is 64.9 Å². The monoisotopic (exact) mass is 484 g/mol. The van der Waals surface area contributed by atoms with E-state index in [9.17, 15) is 4.79 Å². The molecule has 0 saturated heterocycles. The first kappa shape index (κ1) is 22.4. The van der Waals surface area contributed by atoms with Gasteiger partial charge in [-0.25, -0.2) is 4.98 Å². The third-order valence-electron chi connectivity index (χ3n) is 4.56. The van der Waals surface area contributed by atoms with E-state index in [1.54, 1.807) is 41.2 Å². The minimum absolute atomic E-state index is 0.120. The summed E-state index contributed by atoms with van der Waals surface area (Å²) in [5.41, 5.74) is 2.56. The van der Waals surface area contributed by atoms with Crippen LogP contribution in [0.4, 0.5) is 10.8 Å². The Morgan fingerprint density at radius 1 is 1.22 bits per heavy atom. The van der Waals surface area contributed by atoms with Crippen molar-refractivity contribution in [3.8, 4) is 11.4 Å². The van der Waals surface area contributed by atoms with Crippen molar-refractivity contribution in [2.24, 2.45) is 0 Å². The number of carbonyl (C=O) groups excluding carboxylic acids is 1. The number of halogens is 1. The number of nitrogens with zero attached hydrogens (tertiary/aromatic N) is 6. The Morgan fingerprint density at radius 3 is 2.75 bits per heavy atom. The molecule has 0 aliphatic carbocycles. The topological polar surface area (TPSA) is 76.8 Å². The van der Waals surface area contributed by atoms with Gasteiger partial charge in [-0.2, -0.15) is 0 Å². The van der Waals surface area contributed by atoms with Crippen molar-refractivity contribution in [1.29, 1.82) is 0 Å². The maximum absolute atomic E-state index is 12.3. The molecule has 4 rings (SSSR count). The summed E-state index contributed by atoms with van der Waals surface area (Å²) in [6.07, 6.45) is 4.48. The highest BCUT2D eigenvalue weighted by Gasteiger charge is 2.19. The zero-order chi connectivity index (χ0) is 22.5. The quantitative estimate of drug-likeness (QED) is 0.292. The third-order valence-corrected chi connectivity index (χ3v) is 6.67. The van der Waals surface area contributed by atoms with Crippen molar-refractivity contribution < 1.29 is 4.79 Å². The molecule has 164 valence electrons. The highest BCUT2D eigenvalue weighted by Crippen LogP contribution is 2.32. The molecule has 7 nitrogen and oxygen atoms in total. The largest absolute Gasteiger partial charge is 0.302 e. The minimum Gasteiger partial charge on any atom is -0.302 e. The maximum atomic E-state index is 12.3. The molecule has 1 amide bonds. The van der Waals surface area contributed by atoms with Crippen LogP contribution in [-0.2, 0) is 17.1 Å². The zero-order valence-corrected chi connectivity index (χ0v) is 20.0. The number of benzene rings is 1. The second-order valence-corrected chi connectivity index (χ2v) is 9.15. The van der Waals surface area contributed by atoms with Gasteiger partial charge in [0.25, 0.3) is 0 Å². The van der Waals surface area contributed by atoms with Crippen LogP contribution in [0.2, 0.25) is 5.02 Å². The van der Waals surface area contributed by atoms with Gasteiger partial charge < -0.3 is 4.57 Å². The van der Waals surface area contributed by atoms with Crippen LogP contribution in [0.15, 0.2) is 59.3 Å². The zero-order valence-electron chi connectivity index (χ0n) is 17.6. The number of hydrogen-bond acceptors (Lipinski definition) is 7. The first-order chi connectivity index (χ1) is 15.6. The molecule has 3 heterocycles. The van der Waals surface area contributed by atoms with Gasteiger partial charge in [0.1, 0.15) is 0 Å². The first-order valence-corrected chi connectivity index (χ1v) is 12.3. The van der Waals surface area contributed by atoms with Crippen molar-refractivity contribution in [2.45, 2.75) is 37.7 Å². The average molecular weight is 485 g/mol. The predicted molar refractivity (Wildman–Crippen MR) is 129 cm³/mol. The number of amides is 1. The van der Waals surface area contributed by atoms with Gasteiger partial charge in [-0.1, -0.05) is 36.4 Å². The summed E-state index contributed by atoms with van der Waals surface area (Å²) in [5, 5.41) is 12.8. The Balaban J connectivity index is 1.53. The standard InChI is InChI=1S/C22H21ClN6OS2/c1-3-11-28-20(16-7-9-24-10-8-16)26-27-22(28)32-14-18-13-31-21(25-18)29(15(2)30)19-6-4-5-17(23)12-19/h4-10,12-13H,3,11,14H2,1-2H3. The lowest BCUT2D eigenvalue weighted by atomic mass is 10.2. The van der Waals surface area contributed by atoms with Crippen LogP contribution < -0.4 is 4.90 Å². The Morgan fingerprint density at radius 2 is 2.03 bits per heavy atom. The lowest BCUT2D eigenvalue weighted by Gasteiger charge is -2.18. The van der Waals surface area contributed by atoms with Crippen LogP contribution in [0.3, 0.4) is 0 Å². The molecule has 32 heavy (non-hydrogen) atoms. The van der Waals surface area contributed by atoms with Gasteiger partial charge in [0, 0.05) is 47.6 Å². The Labute approximate surface area is 199 Å².